The summed E-state index contributed by atoms with van der Waals surface area (Å²) in [6, 6.07) is 12.5. The van der Waals surface area contributed by atoms with Crippen molar-refractivity contribution in [2.45, 2.75) is 0 Å². The fourth-order valence-corrected chi connectivity index (χ4v) is 2.10. The number of anilines is 1. The Balaban J connectivity index is 2.03. The van der Waals surface area contributed by atoms with E-state index in [-0.39, 0.29) is 5.91 Å². The highest BCUT2D eigenvalue weighted by molar-refractivity contribution is 6.32. The van der Waals surface area contributed by atoms with Gasteiger partial charge in [0, 0.05) is 11.8 Å². The number of methoxy groups -OCH3 is 2. The predicted molar refractivity (Wildman–Crippen MR) is 88.7 cm³/mol. The van der Waals surface area contributed by atoms with Gasteiger partial charge in [-0.1, -0.05) is 23.7 Å². The highest BCUT2D eigenvalue weighted by Crippen LogP contribution is 2.27. The molecule has 0 atom stereocenters. The number of carbonyl (C=O) groups is 1. The topological polar surface area (TPSA) is 47.6 Å². The monoisotopic (exact) mass is 317 g/mol. The smallest absolute Gasteiger partial charge is 0.248 e. The van der Waals surface area contributed by atoms with Crippen molar-refractivity contribution in [3.8, 4) is 11.5 Å². The molecule has 0 aliphatic heterocycles. The number of hydrogen-bond acceptors (Lipinski definition) is 3. The van der Waals surface area contributed by atoms with Crippen molar-refractivity contribution in [2.24, 2.45) is 0 Å². The van der Waals surface area contributed by atoms with Crippen molar-refractivity contribution < 1.29 is 14.3 Å². The molecule has 4 nitrogen and oxygen atoms in total. The maximum absolute atomic E-state index is 11.9. The van der Waals surface area contributed by atoms with Crippen LogP contribution in [0, 0.1) is 0 Å². The first kappa shape index (κ1) is 15.9. The number of ether oxygens (including phenoxy) is 2. The molecule has 2 aromatic carbocycles. The zero-order chi connectivity index (χ0) is 15.9. The fourth-order valence-electron chi connectivity index (χ4n) is 1.85. The third kappa shape index (κ3) is 4.27. The van der Waals surface area contributed by atoms with Gasteiger partial charge in [-0.15, -0.1) is 0 Å². The summed E-state index contributed by atoms with van der Waals surface area (Å²) >= 11 is 6.01. The molecule has 0 heterocycles. The minimum Gasteiger partial charge on any atom is -0.497 e. The van der Waals surface area contributed by atoms with E-state index >= 15 is 0 Å². The number of benzene rings is 2. The second-order valence-corrected chi connectivity index (χ2v) is 4.86. The number of nitrogens with one attached hydrogen (secondary N) is 1. The second kappa shape index (κ2) is 7.52. The van der Waals surface area contributed by atoms with E-state index < -0.39 is 0 Å². The fraction of sp³-hybridized carbons (Fsp3) is 0.118. The van der Waals surface area contributed by atoms with Gasteiger partial charge in [0.05, 0.1) is 19.2 Å². The van der Waals surface area contributed by atoms with E-state index in [0.717, 1.165) is 11.3 Å². The van der Waals surface area contributed by atoms with Gasteiger partial charge in [-0.2, -0.15) is 0 Å². The van der Waals surface area contributed by atoms with Crippen molar-refractivity contribution in [3.63, 3.8) is 0 Å². The van der Waals surface area contributed by atoms with Gasteiger partial charge in [-0.25, -0.2) is 0 Å². The highest BCUT2D eigenvalue weighted by Gasteiger charge is 2.03. The molecular formula is C17H16ClNO3. The van der Waals surface area contributed by atoms with Crippen molar-refractivity contribution >= 4 is 29.3 Å². The summed E-state index contributed by atoms with van der Waals surface area (Å²) in [4.78, 5) is 11.9. The third-order valence-corrected chi connectivity index (χ3v) is 3.24. The summed E-state index contributed by atoms with van der Waals surface area (Å²) < 4.78 is 10.2. The summed E-state index contributed by atoms with van der Waals surface area (Å²) in [7, 11) is 3.14. The normalized spacial score (nSPS) is 10.5. The van der Waals surface area contributed by atoms with Crippen LogP contribution in [0.1, 0.15) is 5.56 Å². The van der Waals surface area contributed by atoms with E-state index in [2.05, 4.69) is 5.32 Å². The molecule has 0 aromatic heterocycles. The van der Waals surface area contributed by atoms with E-state index in [1.54, 1.807) is 31.4 Å². The predicted octanol–water partition coefficient (Wildman–Crippen LogP) is 4.01. The highest BCUT2D eigenvalue weighted by atomic mass is 35.5. The summed E-state index contributed by atoms with van der Waals surface area (Å²) in [5, 5.41) is 3.18. The first-order valence-corrected chi connectivity index (χ1v) is 6.97. The van der Waals surface area contributed by atoms with Crippen LogP contribution in [0.3, 0.4) is 0 Å². The van der Waals surface area contributed by atoms with Gasteiger partial charge in [-0.3, -0.25) is 4.79 Å². The molecule has 0 spiro atoms. The van der Waals surface area contributed by atoms with Crippen LogP contribution in [0.15, 0.2) is 48.5 Å². The molecular weight excluding hydrogens is 302 g/mol. The van der Waals surface area contributed by atoms with Gasteiger partial charge in [0.15, 0.2) is 0 Å². The summed E-state index contributed by atoms with van der Waals surface area (Å²) in [6.07, 6.45) is 3.16. The van der Waals surface area contributed by atoms with Crippen molar-refractivity contribution in [2.75, 3.05) is 19.5 Å². The van der Waals surface area contributed by atoms with E-state index in [0.29, 0.717) is 16.5 Å². The third-order valence-electron chi connectivity index (χ3n) is 2.94. The molecule has 22 heavy (non-hydrogen) atoms. The molecule has 0 saturated heterocycles. The zero-order valence-corrected chi connectivity index (χ0v) is 13.1. The Hall–Kier alpha value is -2.46. The average molecular weight is 318 g/mol. The Kier molecular flexibility index (Phi) is 5.44. The van der Waals surface area contributed by atoms with Crippen molar-refractivity contribution in [3.05, 3.63) is 59.1 Å². The van der Waals surface area contributed by atoms with E-state index in [4.69, 9.17) is 21.1 Å². The molecule has 0 saturated carbocycles. The molecule has 0 aliphatic rings. The Bertz CT molecular complexity index is 698. The number of halogens is 1. The lowest BCUT2D eigenvalue weighted by Gasteiger charge is -2.06. The van der Waals surface area contributed by atoms with Crippen LogP contribution in [0.4, 0.5) is 5.69 Å². The Labute approximate surface area is 134 Å². The lowest BCUT2D eigenvalue weighted by Crippen LogP contribution is -2.07. The number of amides is 1. The second-order valence-electron chi connectivity index (χ2n) is 4.45. The van der Waals surface area contributed by atoms with E-state index in [9.17, 15) is 4.79 Å². The molecule has 1 amide bonds. The van der Waals surface area contributed by atoms with Crippen LogP contribution >= 0.6 is 11.6 Å². The zero-order valence-electron chi connectivity index (χ0n) is 12.3. The summed E-state index contributed by atoms with van der Waals surface area (Å²) in [6.45, 7) is 0. The van der Waals surface area contributed by atoms with Gasteiger partial charge >= 0.3 is 0 Å². The Morgan fingerprint density at radius 3 is 2.64 bits per heavy atom. The summed E-state index contributed by atoms with van der Waals surface area (Å²) in [5.41, 5.74) is 1.48. The number of hydrogen-bond donors (Lipinski definition) is 1. The van der Waals surface area contributed by atoms with Crippen molar-refractivity contribution in [1.29, 1.82) is 0 Å². The average Bonchev–Trinajstić information content (AvgIpc) is 2.53. The lowest BCUT2D eigenvalue weighted by molar-refractivity contribution is -0.111. The molecule has 0 bridgehead atoms. The Morgan fingerprint density at radius 1 is 1.14 bits per heavy atom. The van der Waals surface area contributed by atoms with Crippen LogP contribution in [-0.4, -0.2) is 20.1 Å². The molecule has 114 valence electrons. The van der Waals surface area contributed by atoms with Crippen LogP contribution < -0.4 is 14.8 Å². The van der Waals surface area contributed by atoms with Crippen LogP contribution in [0.25, 0.3) is 6.08 Å². The quantitative estimate of drug-likeness (QED) is 0.848. The number of carbonyl (C=O) groups excluding carboxylic acids is 1. The molecule has 2 aromatic rings. The van der Waals surface area contributed by atoms with Gasteiger partial charge in [0.1, 0.15) is 11.5 Å². The van der Waals surface area contributed by atoms with Gasteiger partial charge in [-0.05, 0) is 42.0 Å². The minimum absolute atomic E-state index is 0.246. The van der Waals surface area contributed by atoms with Crippen LogP contribution in [0.2, 0.25) is 5.02 Å². The molecule has 0 fully saturated rings. The lowest BCUT2D eigenvalue weighted by atomic mass is 10.2. The first-order valence-electron chi connectivity index (χ1n) is 6.59. The van der Waals surface area contributed by atoms with Gasteiger partial charge < -0.3 is 14.8 Å². The van der Waals surface area contributed by atoms with Crippen LogP contribution in [-0.2, 0) is 4.79 Å². The van der Waals surface area contributed by atoms with Gasteiger partial charge in [0.2, 0.25) is 5.91 Å². The van der Waals surface area contributed by atoms with E-state index in [1.807, 2.05) is 24.3 Å². The van der Waals surface area contributed by atoms with Crippen LogP contribution in [0.5, 0.6) is 11.5 Å². The van der Waals surface area contributed by atoms with Gasteiger partial charge in [0.25, 0.3) is 0 Å². The first-order chi connectivity index (χ1) is 10.6. The minimum atomic E-state index is -0.246. The maximum atomic E-state index is 11.9. The Morgan fingerprint density at radius 2 is 1.95 bits per heavy atom. The molecule has 5 heteroatoms. The van der Waals surface area contributed by atoms with E-state index in [1.165, 1.54) is 13.2 Å². The maximum Gasteiger partial charge on any atom is 0.248 e. The summed E-state index contributed by atoms with van der Waals surface area (Å²) in [5.74, 6) is 1.06. The molecule has 2 rings (SSSR count). The molecule has 0 unspecified atom stereocenters. The molecule has 1 N–H and O–H groups in total. The molecule has 0 aliphatic carbocycles. The number of rotatable bonds is 5. The van der Waals surface area contributed by atoms with Crippen molar-refractivity contribution in [1.82, 2.24) is 0 Å². The molecule has 0 radical (unpaired) electrons. The largest absolute Gasteiger partial charge is 0.497 e. The SMILES string of the molecule is COc1cccc(/C=C/C(=O)Nc2ccc(OC)c(Cl)c2)c1. The standard InChI is InChI=1S/C17H16ClNO3/c1-21-14-5-3-4-12(10-14)6-9-17(20)19-13-7-8-16(22-2)15(18)11-13/h3-11H,1-2H3,(H,19,20)/b9-6+.